The number of carbonyl (C=O) groups excluding carboxylic acids is 4. The van der Waals surface area contributed by atoms with Crippen LogP contribution in [0.15, 0.2) is 12.2 Å². The molecular formula is C33H47N3O4. The molecule has 40 heavy (non-hydrogen) atoms. The highest BCUT2D eigenvalue weighted by molar-refractivity contribution is 5.96. The first-order chi connectivity index (χ1) is 18.4. The van der Waals surface area contributed by atoms with Gasteiger partial charge >= 0.3 is 0 Å². The second-order valence-corrected chi connectivity index (χ2v) is 16.0. The summed E-state index contributed by atoms with van der Waals surface area (Å²) >= 11 is 0. The molecule has 0 spiro atoms. The number of hydrogen-bond acceptors (Lipinski definition) is 5. The van der Waals surface area contributed by atoms with E-state index < -0.39 is 16.7 Å². The molecule has 0 aromatic carbocycles. The average Bonchev–Trinajstić information content (AvgIpc) is 2.85. The summed E-state index contributed by atoms with van der Waals surface area (Å²) in [6.45, 7) is 16.8. The number of nitriles is 1. The molecule has 5 aliphatic carbocycles. The van der Waals surface area contributed by atoms with Crippen molar-refractivity contribution in [3.05, 3.63) is 12.2 Å². The predicted octanol–water partition coefficient (Wildman–Crippen LogP) is 5.75. The van der Waals surface area contributed by atoms with Crippen molar-refractivity contribution >= 4 is 23.4 Å². The Balaban J connectivity index is 1.61. The van der Waals surface area contributed by atoms with E-state index in [1.807, 2.05) is 6.19 Å². The van der Waals surface area contributed by atoms with Gasteiger partial charge in [0.25, 0.3) is 5.91 Å². The summed E-state index contributed by atoms with van der Waals surface area (Å²) in [5, 5.41) is 10.7. The average molecular weight is 550 g/mol. The molecule has 218 valence electrons. The van der Waals surface area contributed by atoms with E-state index in [0.717, 1.165) is 37.1 Å². The molecule has 0 aliphatic heterocycles. The summed E-state index contributed by atoms with van der Waals surface area (Å²) < 4.78 is 0. The highest BCUT2D eigenvalue weighted by Crippen LogP contribution is 2.75. The summed E-state index contributed by atoms with van der Waals surface area (Å²) in [7, 11) is 0. The second-order valence-electron chi connectivity index (χ2n) is 16.0. The Labute approximate surface area is 239 Å². The molecule has 2 amide bonds. The summed E-state index contributed by atoms with van der Waals surface area (Å²) in [4.78, 5) is 53.5. The van der Waals surface area contributed by atoms with Crippen LogP contribution in [0.2, 0.25) is 0 Å². The molecule has 1 N–H and O–H groups in total. The van der Waals surface area contributed by atoms with E-state index in [4.69, 9.17) is 0 Å². The number of ketones is 2. The lowest BCUT2D eigenvalue weighted by atomic mass is 9.31. The molecule has 8 atom stereocenters. The molecule has 7 nitrogen and oxygen atoms in total. The van der Waals surface area contributed by atoms with Crippen molar-refractivity contribution in [1.82, 2.24) is 10.4 Å². The van der Waals surface area contributed by atoms with Crippen LogP contribution < -0.4 is 5.43 Å². The van der Waals surface area contributed by atoms with E-state index in [1.165, 1.54) is 6.92 Å². The van der Waals surface area contributed by atoms with Crippen LogP contribution in [0.3, 0.4) is 0 Å². The minimum atomic E-state index is -0.850. The Bertz CT molecular complexity index is 1240. The number of hydrazine groups is 1. The summed E-state index contributed by atoms with van der Waals surface area (Å²) in [5.41, 5.74) is 0.383. The van der Waals surface area contributed by atoms with Crippen LogP contribution in [0.25, 0.3) is 0 Å². The molecule has 0 unspecified atom stereocenters. The summed E-state index contributed by atoms with van der Waals surface area (Å²) in [6.07, 6.45) is 11.7. The lowest BCUT2D eigenvalue weighted by molar-refractivity contribution is -0.223. The van der Waals surface area contributed by atoms with Crippen LogP contribution in [-0.2, 0) is 19.2 Å². The normalized spacial score (nSPS) is 44.7. The number of nitrogens with one attached hydrogen (secondary N) is 1. The van der Waals surface area contributed by atoms with E-state index in [-0.39, 0.29) is 62.8 Å². The van der Waals surface area contributed by atoms with E-state index in [1.54, 1.807) is 6.08 Å². The van der Waals surface area contributed by atoms with E-state index in [0.29, 0.717) is 19.3 Å². The van der Waals surface area contributed by atoms with E-state index in [9.17, 15) is 24.4 Å². The first kappa shape index (κ1) is 29.0. The molecule has 5 rings (SSSR count). The minimum absolute atomic E-state index is 0.0314. The van der Waals surface area contributed by atoms with Gasteiger partial charge < -0.3 is 0 Å². The molecule has 7 heteroatoms. The molecule has 0 saturated heterocycles. The fourth-order valence-corrected chi connectivity index (χ4v) is 10.9. The van der Waals surface area contributed by atoms with Gasteiger partial charge in [-0.25, -0.2) is 0 Å². The zero-order valence-corrected chi connectivity index (χ0v) is 25.6. The number of Topliss-reactive ketones (excluding diaryl/α,β-unsaturated/α-hetero) is 1. The zero-order chi connectivity index (χ0) is 29.7. The van der Waals surface area contributed by atoms with Gasteiger partial charge in [0.05, 0.1) is 5.41 Å². The Morgan fingerprint density at radius 3 is 2.23 bits per heavy atom. The molecule has 0 heterocycles. The molecule has 4 saturated carbocycles. The maximum atomic E-state index is 14.6. The number of fused-ring (bicyclic) bond motifs is 7. The van der Waals surface area contributed by atoms with Crippen molar-refractivity contribution < 1.29 is 19.2 Å². The lowest BCUT2D eigenvalue weighted by Gasteiger charge is -2.71. The third-order valence-corrected chi connectivity index (χ3v) is 13.3. The standard InChI is InChI=1S/C33H47N3O4/c1-20(37)35-36(19-34)27(40)33-15-13-28(2,3)18-21(33)26-22(38)17-24-30(6)11-10-25(39)29(4,5)23(30)9-12-31(24,7)32(26,8)14-16-33/h10-11,21,23-24,26H,9,12-18H2,1-8H3,(H,35,37)/t21-,23-,24+,26-,30-,31+,32+,33-/m0/s1. The second kappa shape index (κ2) is 8.76. The third-order valence-electron chi connectivity index (χ3n) is 13.3. The van der Waals surface area contributed by atoms with Crippen molar-refractivity contribution in [3.8, 4) is 6.19 Å². The van der Waals surface area contributed by atoms with Gasteiger partial charge in [-0.1, -0.05) is 54.5 Å². The lowest BCUT2D eigenvalue weighted by Crippen LogP contribution is -2.70. The van der Waals surface area contributed by atoms with Crippen molar-refractivity contribution in [1.29, 1.82) is 5.26 Å². The first-order valence-electron chi connectivity index (χ1n) is 15.2. The van der Waals surface area contributed by atoms with E-state index >= 15 is 0 Å². The topological polar surface area (TPSA) is 107 Å². The van der Waals surface area contributed by atoms with Crippen LogP contribution in [0, 0.1) is 67.6 Å². The van der Waals surface area contributed by atoms with Gasteiger partial charge in [-0.15, -0.1) is 0 Å². The Morgan fingerprint density at radius 2 is 1.60 bits per heavy atom. The van der Waals surface area contributed by atoms with Gasteiger partial charge in [0.1, 0.15) is 5.78 Å². The summed E-state index contributed by atoms with van der Waals surface area (Å²) in [6, 6.07) is 0. The van der Waals surface area contributed by atoms with Gasteiger partial charge in [0, 0.05) is 24.7 Å². The van der Waals surface area contributed by atoms with E-state index in [2.05, 4.69) is 60.0 Å². The molecule has 0 aromatic rings. The number of nitrogens with zero attached hydrogens (tertiary/aromatic N) is 2. The van der Waals surface area contributed by atoms with Gasteiger partial charge in [-0.2, -0.15) is 10.3 Å². The highest BCUT2D eigenvalue weighted by atomic mass is 16.2. The SMILES string of the molecule is CC(=O)NN(C#N)C(=O)[C@]12CCC(C)(C)C[C@H]1[C@H]1C(=O)C[C@@H]3[C@@]4(C)C=CC(=O)C(C)(C)[C@@H]4CC[C@@]3(C)[C@]1(C)CC2. The maximum absolute atomic E-state index is 14.6. The summed E-state index contributed by atoms with van der Waals surface area (Å²) in [5.74, 6) is -0.591. The Hall–Kier alpha value is -2.49. The number of rotatable bonds is 1. The van der Waals surface area contributed by atoms with Gasteiger partial charge in [0.15, 0.2) is 5.78 Å². The predicted molar refractivity (Wildman–Crippen MR) is 151 cm³/mol. The van der Waals surface area contributed by atoms with Crippen LogP contribution in [0.1, 0.15) is 107 Å². The number of hydrogen-bond donors (Lipinski definition) is 1. The van der Waals surface area contributed by atoms with Crippen LogP contribution in [0.5, 0.6) is 0 Å². The fourth-order valence-electron chi connectivity index (χ4n) is 10.9. The van der Waals surface area contributed by atoms with Gasteiger partial charge in [-0.05, 0) is 90.4 Å². The molecule has 0 radical (unpaired) electrons. The number of amides is 2. The molecule has 4 fully saturated rings. The monoisotopic (exact) mass is 549 g/mol. The third kappa shape index (κ3) is 3.66. The number of carbonyl (C=O) groups is 4. The van der Waals surface area contributed by atoms with Gasteiger partial charge in [0.2, 0.25) is 12.1 Å². The van der Waals surface area contributed by atoms with Gasteiger partial charge in [-0.3, -0.25) is 24.6 Å². The number of allylic oxidation sites excluding steroid dienone is 2. The smallest absolute Gasteiger partial charge is 0.261 e. The molecule has 0 bridgehead atoms. The van der Waals surface area contributed by atoms with Crippen LogP contribution in [0.4, 0.5) is 0 Å². The highest BCUT2D eigenvalue weighted by Gasteiger charge is 2.73. The van der Waals surface area contributed by atoms with Crippen LogP contribution in [-0.4, -0.2) is 28.4 Å². The van der Waals surface area contributed by atoms with Crippen LogP contribution >= 0.6 is 0 Å². The Morgan fingerprint density at radius 1 is 0.950 bits per heavy atom. The fraction of sp³-hybridized carbons (Fsp3) is 0.788. The zero-order valence-electron chi connectivity index (χ0n) is 25.6. The molecule has 5 aliphatic rings. The maximum Gasteiger partial charge on any atom is 0.261 e. The molecule has 0 aromatic heterocycles. The van der Waals surface area contributed by atoms with Crippen molar-refractivity contribution in [2.24, 2.45) is 56.2 Å². The Kier molecular flexibility index (Phi) is 6.35. The van der Waals surface area contributed by atoms with Crippen molar-refractivity contribution in [2.75, 3.05) is 0 Å². The van der Waals surface area contributed by atoms with Crippen molar-refractivity contribution in [2.45, 2.75) is 107 Å². The largest absolute Gasteiger partial charge is 0.299 e. The van der Waals surface area contributed by atoms with Crippen molar-refractivity contribution in [3.63, 3.8) is 0 Å². The minimum Gasteiger partial charge on any atom is -0.299 e. The molecular weight excluding hydrogens is 502 g/mol. The quantitative estimate of drug-likeness (QED) is 0.254. The first-order valence-corrected chi connectivity index (χ1v) is 15.2.